The Balaban J connectivity index is 1.19. The number of amides is 1. The summed E-state index contributed by atoms with van der Waals surface area (Å²) >= 11 is 1.36. The molecule has 3 heterocycles. The number of rotatable bonds is 9. The van der Waals surface area contributed by atoms with E-state index < -0.39 is 17.5 Å². The van der Waals surface area contributed by atoms with Crippen LogP contribution < -0.4 is 10.6 Å². The third-order valence-electron chi connectivity index (χ3n) is 4.63. The van der Waals surface area contributed by atoms with Gasteiger partial charge in [0.15, 0.2) is 0 Å². The fourth-order valence-corrected chi connectivity index (χ4v) is 3.81. The van der Waals surface area contributed by atoms with Crippen LogP contribution in [0.2, 0.25) is 0 Å². The lowest BCUT2D eigenvalue weighted by Gasteiger charge is -2.04. The Morgan fingerprint density at radius 2 is 1.91 bits per heavy atom. The summed E-state index contributed by atoms with van der Waals surface area (Å²) in [4.78, 5) is 27.6. The van der Waals surface area contributed by atoms with Gasteiger partial charge in [-0.25, -0.2) is 23.1 Å². The highest BCUT2D eigenvalue weighted by Crippen LogP contribution is 2.13. The summed E-state index contributed by atoms with van der Waals surface area (Å²) in [5.74, 6) is -1.58. The molecule has 0 unspecified atom stereocenters. The van der Waals surface area contributed by atoms with E-state index in [-0.39, 0.29) is 23.7 Å². The van der Waals surface area contributed by atoms with Gasteiger partial charge in [0.05, 0.1) is 34.5 Å². The number of carbonyl (C=O) groups excluding carboxylic acids is 1. The van der Waals surface area contributed by atoms with Crippen molar-refractivity contribution in [1.29, 1.82) is 0 Å². The van der Waals surface area contributed by atoms with Crippen LogP contribution in [-0.4, -0.2) is 38.9 Å². The zero-order chi connectivity index (χ0) is 22.5. The molecule has 0 aliphatic rings. The van der Waals surface area contributed by atoms with Crippen LogP contribution in [0.1, 0.15) is 27.0 Å². The lowest BCUT2D eigenvalue weighted by Crippen LogP contribution is -2.24. The minimum Gasteiger partial charge on any atom is -0.345 e. The number of aromatic nitrogens is 4. The summed E-state index contributed by atoms with van der Waals surface area (Å²) in [5, 5.41) is 8.23. The van der Waals surface area contributed by atoms with E-state index in [1.54, 1.807) is 11.4 Å². The van der Waals surface area contributed by atoms with Gasteiger partial charge >= 0.3 is 0 Å². The molecule has 1 amide bonds. The second kappa shape index (κ2) is 9.88. The van der Waals surface area contributed by atoms with Crippen molar-refractivity contribution in [3.63, 3.8) is 0 Å². The number of pyridine rings is 1. The Labute approximate surface area is 185 Å². The Kier molecular flexibility index (Phi) is 6.76. The number of thiazole rings is 1. The van der Waals surface area contributed by atoms with Crippen molar-refractivity contribution in [2.75, 3.05) is 13.1 Å². The average molecular weight is 460 g/mol. The van der Waals surface area contributed by atoms with Gasteiger partial charge in [-0.15, -0.1) is 11.3 Å². The molecule has 0 aliphatic carbocycles. The van der Waals surface area contributed by atoms with Crippen LogP contribution in [0.3, 0.4) is 0 Å². The predicted octanol–water partition coefficient (Wildman–Crippen LogP) is 3.14. The van der Waals surface area contributed by atoms with Crippen molar-refractivity contribution in [2.45, 2.75) is 19.4 Å². The van der Waals surface area contributed by atoms with Crippen molar-refractivity contribution < 1.29 is 18.0 Å². The number of carbonyl (C=O) groups is 1. The fourth-order valence-electron chi connectivity index (χ4n) is 3.03. The summed E-state index contributed by atoms with van der Waals surface area (Å²) in [6.07, 6.45) is 2.19. The van der Waals surface area contributed by atoms with Gasteiger partial charge in [0.2, 0.25) is 0 Å². The quantitative estimate of drug-likeness (QED) is 0.334. The molecule has 11 heteroatoms. The smallest absolute Gasteiger partial charge is 0.271 e. The first-order valence-corrected chi connectivity index (χ1v) is 10.7. The Morgan fingerprint density at radius 1 is 1.06 bits per heavy atom. The SMILES string of the molecule is O=C(NCc1ncc(F)cc1F)c1csc(CCNCCc2nc3cc(F)ccc3[nH]2)n1. The molecule has 32 heavy (non-hydrogen) atoms. The van der Waals surface area contributed by atoms with E-state index in [9.17, 15) is 18.0 Å². The van der Waals surface area contributed by atoms with Gasteiger partial charge in [-0.3, -0.25) is 9.78 Å². The number of halogens is 3. The van der Waals surface area contributed by atoms with Crippen molar-refractivity contribution in [3.05, 3.63) is 75.5 Å². The first-order valence-electron chi connectivity index (χ1n) is 9.85. The van der Waals surface area contributed by atoms with Crippen LogP contribution in [0.4, 0.5) is 13.2 Å². The number of H-pyrrole nitrogens is 1. The summed E-state index contributed by atoms with van der Waals surface area (Å²) < 4.78 is 39.7. The Morgan fingerprint density at radius 3 is 2.75 bits per heavy atom. The first kappa shape index (κ1) is 21.9. The van der Waals surface area contributed by atoms with Crippen LogP contribution in [0, 0.1) is 17.5 Å². The highest BCUT2D eigenvalue weighted by atomic mass is 32.1. The molecule has 7 nitrogen and oxygen atoms in total. The number of benzene rings is 1. The number of imidazole rings is 1. The third kappa shape index (κ3) is 5.48. The molecule has 166 valence electrons. The molecule has 0 spiro atoms. The molecule has 4 rings (SSSR count). The van der Waals surface area contributed by atoms with E-state index in [2.05, 4.69) is 30.6 Å². The second-order valence-corrected chi connectivity index (χ2v) is 7.93. The molecule has 1 aromatic carbocycles. The molecule has 3 N–H and O–H groups in total. The molecule has 3 aromatic heterocycles. The van der Waals surface area contributed by atoms with E-state index in [0.29, 0.717) is 31.4 Å². The van der Waals surface area contributed by atoms with E-state index in [1.807, 2.05) is 0 Å². The zero-order valence-corrected chi connectivity index (χ0v) is 17.6. The van der Waals surface area contributed by atoms with Crippen LogP contribution in [0.15, 0.2) is 35.8 Å². The fraction of sp³-hybridized carbons (Fsp3) is 0.238. The molecular weight excluding hydrogens is 441 g/mol. The highest BCUT2D eigenvalue weighted by molar-refractivity contribution is 7.09. The molecule has 0 atom stereocenters. The first-order chi connectivity index (χ1) is 15.5. The van der Waals surface area contributed by atoms with E-state index in [1.165, 1.54) is 23.5 Å². The van der Waals surface area contributed by atoms with E-state index >= 15 is 0 Å². The zero-order valence-electron chi connectivity index (χ0n) is 16.8. The summed E-state index contributed by atoms with van der Waals surface area (Å²) in [5.41, 5.74) is 1.59. The Bertz CT molecular complexity index is 1240. The lowest BCUT2D eigenvalue weighted by atomic mass is 10.3. The molecule has 0 aliphatic heterocycles. The number of nitrogens with zero attached hydrogens (tertiary/aromatic N) is 3. The normalized spacial score (nSPS) is 11.2. The highest BCUT2D eigenvalue weighted by Gasteiger charge is 2.13. The Hall–Kier alpha value is -3.31. The number of hydrogen-bond donors (Lipinski definition) is 3. The molecule has 0 saturated heterocycles. The standard InChI is InChI=1S/C21H19F3N6OS/c22-12-1-2-15-16(8-12)29-19(28-15)3-5-25-6-4-20-30-18(11-32-20)21(31)27-10-17-14(24)7-13(23)9-26-17/h1-2,7-9,11,25H,3-6,10H2,(H,27,31)(H,28,29). The second-order valence-electron chi connectivity index (χ2n) is 6.99. The van der Waals surface area contributed by atoms with Gasteiger partial charge in [0, 0.05) is 43.4 Å². The van der Waals surface area contributed by atoms with Crippen molar-refractivity contribution in [1.82, 2.24) is 30.6 Å². The minimum atomic E-state index is -0.815. The van der Waals surface area contributed by atoms with Gasteiger partial charge in [-0.1, -0.05) is 0 Å². The monoisotopic (exact) mass is 460 g/mol. The van der Waals surface area contributed by atoms with Crippen LogP contribution in [-0.2, 0) is 19.4 Å². The van der Waals surface area contributed by atoms with Gasteiger partial charge in [0.1, 0.15) is 29.0 Å². The van der Waals surface area contributed by atoms with E-state index in [0.717, 1.165) is 28.6 Å². The number of hydrogen-bond acceptors (Lipinski definition) is 6. The van der Waals surface area contributed by atoms with Crippen molar-refractivity contribution in [3.8, 4) is 0 Å². The predicted molar refractivity (Wildman–Crippen MR) is 114 cm³/mol. The molecule has 0 saturated carbocycles. The molecular formula is C21H19F3N6OS. The summed E-state index contributed by atoms with van der Waals surface area (Å²) in [6, 6.07) is 5.17. The maximum Gasteiger partial charge on any atom is 0.271 e. The van der Waals surface area contributed by atoms with Crippen molar-refractivity contribution in [2.24, 2.45) is 0 Å². The van der Waals surface area contributed by atoms with Crippen molar-refractivity contribution >= 4 is 28.3 Å². The van der Waals surface area contributed by atoms with Crippen LogP contribution in [0.25, 0.3) is 11.0 Å². The minimum absolute atomic E-state index is 0.0472. The maximum absolute atomic E-state index is 13.6. The van der Waals surface area contributed by atoms with E-state index in [4.69, 9.17) is 0 Å². The number of nitrogens with one attached hydrogen (secondary N) is 3. The molecule has 0 bridgehead atoms. The number of aromatic amines is 1. The van der Waals surface area contributed by atoms with Crippen LogP contribution in [0.5, 0.6) is 0 Å². The molecule has 0 radical (unpaired) electrons. The summed E-state index contributed by atoms with van der Waals surface area (Å²) in [6.45, 7) is 1.18. The molecule has 4 aromatic rings. The summed E-state index contributed by atoms with van der Waals surface area (Å²) in [7, 11) is 0. The van der Waals surface area contributed by atoms with Crippen LogP contribution >= 0.6 is 11.3 Å². The number of fused-ring (bicyclic) bond motifs is 1. The molecule has 0 fully saturated rings. The van der Waals surface area contributed by atoms with Gasteiger partial charge in [-0.2, -0.15) is 0 Å². The van der Waals surface area contributed by atoms with Gasteiger partial charge in [-0.05, 0) is 12.1 Å². The maximum atomic E-state index is 13.6. The van der Waals surface area contributed by atoms with Gasteiger partial charge < -0.3 is 15.6 Å². The third-order valence-corrected chi connectivity index (χ3v) is 5.54. The topological polar surface area (TPSA) is 95.6 Å². The average Bonchev–Trinajstić information content (AvgIpc) is 3.39. The lowest BCUT2D eigenvalue weighted by molar-refractivity contribution is 0.0945. The largest absolute Gasteiger partial charge is 0.345 e. The van der Waals surface area contributed by atoms with Gasteiger partial charge in [0.25, 0.3) is 5.91 Å².